The maximum atomic E-state index is 6.03. The van der Waals surface area contributed by atoms with E-state index in [2.05, 4.69) is 31.0 Å². The lowest BCUT2D eigenvalue weighted by Crippen LogP contribution is -2.39. The molecule has 0 saturated carbocycles. The van der Waals surface area contributed by atoms with Crippen LogP contribution in [0, 0.1) is 0 Å². The molecule has 4 rings (SSSR count). The van der Waals surface area contributed by atoms with Gasteiger partial charge in [-0.1, -0.05) is 18.7 Å². The van der Waals surface area contributed by atoms with Crippen molar-refractivity contribution in [2.45, 2.75) is 51.0 Å². The first-order valence-electron chi connectivity index (χ1n) is 10.2. The van der Waals surface area contributed by atoms with Crippen molar-refractivity contribution in [3.8, 4) is 0 Å². The minimum absolute atomic E-state index is 0.137. The second-order valence-electron chi connectivity index (χ2n) is 7.99. The zero-order valence-corrected chi connectivity index (χ0v) is 18.7. The van der Waals surface area contributed by atoms with E-state index in [1.807, 2.05) is 0 Å². The Labute approximate surface area is 175 Å². The molecule has 2 aliphatic rings. The highest BCUT2D eigenvalue weighted by Gasteiger charge is 2.31. The predicted octanol–water partition coefficient (Wildman–Crippen LogP) is 3.79. The van der Waals surface area contributed by atoms with Gasteiger partial charge in [0.1, 0.15) is 10.6 Å². The minimum Gasteiger partial charge on any atom is -0.379 e. The monoisotopic (exact) mass is 422 g/mol. The second-order valence-corrected chi connectivity index (χ2v) is 10.1. The van der Waals surface area contributed by atoms with Crippen molar-refractivity contribution in [3.05, 3.63) is 10.4 Å². The van der Waals surface area contributed by atoms with Crippen LogP contribution in [0.3, 0.4) is 0 Å². The van der Waals surface area contributed by atoms with Gasteiger partial charge in [0, 0.05) is 43.2 Å². The molecular formula is C20H30N4O2S2. The first-order chi connectivity index (χ1) is 13.6. The lowest BCUT2D eigenvalue weighted by Gasteiger charge is -2.30. The van der Waals surface area contributed by atoms with Gasteiger partial charge in [-0.2, -0.15) is 0 Å². The fraction of sp³-hybridized carbons (Fsp3) is 0.700. The van der Waals surface area contributed by atoms with Gasteiger partial charge >= 0.3 is 0 Å². The standard InChI is InChI=1S/C20H30N4O2S2/c1-4-11-27-19-22-17(21-5-6-24-7-9-25-10-8-24)16-14-12-20(2,3)26-13-15(14)28-18(16)23-19/h4-13H2,1-3H3,(H,21,22,23). The van der Waals surface area contributed by atoms with Crippen LogP contribution in [0.4, 0.5) is 5.82 Å². The zero-order valence-electron chi connectivity index (χ0n) is 17.0. The first kappa shape index (κ1) is 20.3. The molecule has 0 bridgehead atoms. The number of fused-ring (bicyclic) bond motifs is 3. The van der Waals surface area contributed by atoms with Crippen molar-refractivity contribution in [3.63, 3.8) is 0 Å². The molecule has 0 aliphatic carbocycles. The molecule has 1 saturated heterocycles. The average molecular weight is 423 g/mol. The molecule has 0 amide bonds. The molecule has 2 aromatic rings. The largest absolute Gasteiger partial charge is 0.379 e. The number of ether oxygens (including phenoxy) is 2. The number of anilines is 1. The van der Waals surface area contributed by atoms with E-state index in [9.17, 15) is 0 Å². The van der Waals surface area contributed by atoms with Crippen LogP contribution in [-0.2, 0) is 22.5 Å². The summed E-state index contributed by atoms with van der Waals surface area (Å²) in [5, 5.41) is 5.72. The summed E-state index contributed by atoms with van der Waals surface area (Å²) in [5.41, 5.74) is 1.24. The van der Waals surface area contributed by atoms with E-state index < -0.39 is 0 Å². The van der Waals surface area contributed by atoms with Crippen molar-refractivity contribution in [1.29, 1.82) is 0 Å². The van der Waals surface area contributed by atoms with E-state index in [0.29, 0.717) is 6.61 Å². The smallest absolute Gasteiger partial charge is 0.190 e. The number of nitrogens with zero attached hydrogens (tertiary/aromatic N) is 3. The number of thiophene rings is 1. The quantitative estimate of drug-likeness (QED) is 0.538. The van der Waals surface area contributed by atoms with Gasteiger partial charge in [0.2, 0.25) is 0 Å². The number of hydrogen-bond acceptors (Lipinski definition) is 8. The van der Waals surface area contributed by atoms with Crippen LogP contribution in [-0.4, -0.2) is 65.6 Å². The number of morpholine rings is 1. The number of nitrogens with one attached hydrogen (secondary N) is 1. The Morgan fingerprint density at radius 3 is 2.86 bits per heavy atom. The van der Waals surface area contributed by atoms with Gasteiger partial charge in [-0.25, -0.2) is 9.97 Å². The van der Waals surface area contributed by atoms with Gasteiger partial charge < -0.3 is 14.8 Å². The van der Waals surface area contributed by atoms with Crippen molar-refractivity contribution >= 4 is 39.1 Å². The fourth-order valence-electron chi connectivity index (χ4n) is 3.67. The lowest BCUT2D eigenvalue weighted by molar-refractivity contribution is -0.0379. The van der Waals surface area contributed by atoms with Crippen molar-refractivity contribution in [2.75, 3.05) is 50.5 Å². The summed E-state index contributed by atoms with van der Waals surface area (Å²) in [4.78, 5) is 14.6. The Balaban J connectivity index is 1.60. The molecule has 28 heavy (non-hydrogen) atoms. The summed E-state index contributed by atoms with van der Waals surface area (Å²) in [5.74, 6) is 2.03. The van der Waals surface area contributed by atoms with E-state index in [1.54, 1.807) is 23.1 Å². The molecule has 0 radical (unpaired) electrons. The van der Waals surface area contributed by atoms with Crippen LogP contribution in [0.2, 0.25) is 0 Å². The predicted molar refractivity (Wildman–Crippen MR) is 117 cm³/mol. The van der Waals surface area contributed by atoms with Gasteiger partial charge in [-0.15, -0.1) is 11.3 Å². The third-order valence-electron chi connectivity index (χ3n) is 5.17. The van der Waals surface area contributed by atoms with E-state index in [-0.39, 0.29) is 5.60 Å². The Bertz CT molecular complexity index is 818. The third kappa shape index (κ3) is 4.62. The SMILES string of the molecule is CCCSc1nc(NCCN2CCOCC2)c2c3c(sc2n1)COC(C)(C)C3. The summed E-state index contributed by atoms with van der Waals surface area (Å²) in [6.07, 6.45) is 2.03. The fourth-order valence-corrected chi connectivity index (χ4v) is 5.53. The summed E-state index contributed by atoms with van der Waals surface area (Å²) in [6, 6.07) is 0. The van der Waals surface area contributed by atoms with Crippen LogP contribution in [0.1, 0.15) is 37.6 Å². The number of thioether (sulfide) groups is 1. The van der Waals surface area contributed by atoms with Gasteiger partial charge in [-0.05, 0) is 25.8 Å². The van der Waals surface area contributed by atoms with Gasteiger partial charge in [0.15, 0.2) is 5.16 Å². The molecule has 0 spiro atoms. The second kappa shape index (κ2) is 8.83. The van der Waals surface area contributed by atoms with Crippen LogP contribution in [0.5, 0.6) is 0 Å². The van der Waals surface area contributed by atoms with E-state index >= 15 is 0 Å². The molecule has 4 heterocycles. The normalized spacial score (nSPS) is 19.7. The number of rotatable bonds is 7. The summed E-state index contributed by atoms with van der Waals surface area (Å²) in [7, 11) is 0. The highest BCUT2D eigenvalue weighted by Crippen LogP contribution is 2.41. The molecule has 2 aromatic heterocycles. The molecular weight excluding hydrogens is 392 g/mol. The Morgan fingerprint density at radius 1 is 1.25 bits per heavy atom. The highest BCUT2D eigenvalue weighted by molar-refractivity contribution is 7.99. The molecule has 154 valence electrons. The van der Waals surface area contributed by atoms with E-state index in [1.165, 1.54) is 15.8 Å². The highest BCUT2D eigenvalue weighted by atomic mass is 32.2. The van der Waals surface area contributed by atoms with Crippen molar-refractivity contribution in [2.24, 2.45) is 0 Å². The Kier molecular flexibility index (Phi) is 6.42. The lowest BCUT2D eigenvalue weighted by atomic mass is 9.94. The minimum atomic E-state index is -0.137. The Hall–Kier alpha value is -0.930. The molecule has 8 heteroatoms. The summed E-state index contributed by atoms with van der Waals surface area (Å²) in [6.45, 7) is 12.8. The molecule has 6 nitrogen and oxygen atoms in total. The average Bonchev–Trinajstić information content (AvgIpc) is 3.04. The third-order valence-corrected chi connectivity index (χ3v) is 7.32. The van der Waals surface area contributed by atoms with Crippen LogP contribution in [0.25, 0.3) is 10.2 Å². The molecule has 1 N–H and O–H groups in total. The van der Waals surface area contributed by atoms with Gasteiger partial charge in [0.25, 0.3) is 0 Å². The van der Waals surface area contributed by atoms with Crippen LogP contribution < -0.4 is 5.32 Å². The van der Waals surface area contributed by atoms with Crippen LogP contribution >= 0.6 is 23.1 Å². The molecule has 0 atom stereocenters. The molecule has 1 fully saturated rings. The number of aromatic nitrogens is 2. The summed E-state index contributed by atoms with van der Waals surface area (Å²) >= 11 is 3.51. The molecule has 0 unspecified atom stereocenters. The maximum Gasteiger partial charge on any atom is 0.190 e. The molecule has 2 aliphatic heterocycles. The van der Waals surface area contributed by atoms with Crippen LogP contribution in [0.15, 0.2) is 5.16 Å². The van der Waals surface area contributed by atoms with Gasteiger partial charge in [-0.3, -0.25) is 4.90 Å². The topological polar surface area (TPSA) is 59.5 Å². The zero-order chi connectivity index (χ0) is 19.6. The van der Waals surface area contributed by atoms with E-state index in [4.69, 9.17) is 19.4 Å². The van der Waals surface area contributed by atoms with Crippen molar-refractivity contribution < 1.29 is 9.47 Å². The maximum absolute atomic E-state index is 6.03. The first-order valence-corrected chi connectivity index (χ1v) is 12.0. The van der Waals surface area contributed by atoms with Crippen molar-refractivity contribution in [1.82, 2.24) is 14.9 Å². The van der Waals surface area contributed by atoms with E-state index in [0.717, 1.165) is 73.8 Å². The number of hydrogen-bond donors (Lipinski definition) is 1. The molecule has 0 aromatic carbocycles. The van der Waals surface area contributed by atoms with Gasteiger partial charge in [0.05, 0.1) is 30.8 Å². The summed E-state index contributed by atoms with van der Waals surface area (Å²) < 4.78 is 11.5. The Morgan fingerprint density at radius 2 is 2.07 bits per heavy atom.